The summed E-state index contributed by atoms with van der Waals surface area (Å²) in [6.45, 7) is 1.56. The minimum Gasteiger partial charge on any atom is -0.385 e. The van der Waals surface area contributed by atoms with Crippen molar-refractivity contribution in [3.63, 3.8) is 0 Å². The van der Waals surface area contributed by atoms with Crippen LogP contribution in [0.25, 0.3) is 0 Å². The van der Waals surface area contributed by atoms with Gasteiger partial charge >= 0.3 is 0 Å². The number of hydrogen-bond donors (Lipinski definition) is 1. The first-order valence-corrected chi connectivity index (χ1v) is 8.93. The normalized spacial score (nSPS) is 15.6. The van der Waals surface area contributed by atoms with E-state index in [0.29, 0.717) is 5.56 Å². The zero-order valence-electron chi connectivity index (χ0n) is 14.7. The molecule has 2 aromatic rings. The van der Waals surface area contributed by atoms with Gasteiger partial charge in [-0.1, -0.05) is 79.9 Å². The van der Waals surface area contributed by atoms with Crippen LogP contribution in [0.3, 0.4) is 0 Å². The van der Waals surface area contributed by atoms with Crippen LogP contribution in [0.5, 0.6) is 0 Å². The number of carbonyl (C=O) groups is 2. The van der Waals surface area contributed by atoms with Crippen LogP contribution in [0.2, 0.25) is 0 Å². The van der Waals surface area contributed by atoms with Gasteiger partial charge in [0.05, 0.1) is 0 Å². The number of aliphatic hydroxyl groups is 1. The van der Waals surface area contributed by atoms with E-state index in [1.165, 1.54) is 6.42 Å². The Balaban J connectivity index is 0.000000212. The van der Waals surface area contributed by atoms with E-state index in [0.717, 1.165) is 31.2 Å². The number of rotatable bonds is 4. The molecular formula is C22H26O3. The third kappa shape index (κ3) is 5.95. The van der Waals surface area contributed by atoms with Gasteiger partial charge in [-0.2, -0.15) is 0 Å². The Hall–Kier alpha value is -2.26. The molecule has 0 aromatic heterocycles. The van der Waals surface area contributed by atoms with Gasteiger partial charge in [0, 0.05) is 11.1 Å². The van der Waals surface area contributed by atoms with E-state index in [4.69, 9.17) is 0 Å². The first-order valence-electron chi connectivity index (χ1n) is 8.93. The summed E-state index contributed by atoms with van der Waals surface area (Å²) < 4.78 is 0. The second kappa shape index (κ2) is 9.90. The largest absolute Gasteiger partial charge is 0.385 e. The molecule has 1 N–H and O–H groups in total. The molecule has 0 bridgehead atoms. The summed E-state index contributed by atoms with van der Waals surface area (Å²) in [5.41, 5.74) is 1.40. The van der Waals surface area contributed by atoms with Crippen molar-refractivity contribution < 1.29 is 14.7 Å². The van der Waals surface area contributed by atoms with Crippen molar-refractivity contribution in [2.24, 2.45) is 5.92 Å². The molecule has 1 aliphatic rings. The smallest absolute Gasteiger partial charge is 0.191 e. The second-order valence-electron chi connectivity index (χ2n) is 6.50. The highest BCUT2D eigenvalue weighted by atomic mass is 16.3. The molecule has 1 fully saturated rings. The van der Waals surface area contributed by atoms with Crippen molar-refractivity contribution in [2.75, 3.05) is 0 Å². The van der Waals surface area contributed by atoms with Gasteiger partial charge in [-0.15, -0.1) is 0 Å². The van der Waals surface area contributed by atoms with Gasteiger partial charge in [0.1, 0.15) is 6.10 Å². The number of aliphatic hydroxyl groups excluding tert-OH is 1. The zero-order valence-corrected chi connectivity index (χ0v) is 14.7. The highest BCUT2D eigenvalue weighted by Gasteiger charge is 2.27. The Labute approximate surface area is 149 Å². The van der Waals surface area contributed by atoms with Gasteiger partial charge in [0.2, 0.25) is 0 Å². The molecule has 1 unspecified atom stereocenters. The van der Waals surface area contributed by atoms with Crippen molar-refractivity contribution in [1.82, 2.24) is 0 Å². The molecule has 1 aliphatic carbocycles. The summed E-state index contributed by atoms with van der Waals surface area (Å²) >= 11 is 0. The summed E-state index contributed by atoms with van der Waals surface area (Å²) in [5, 5.41) is 10.0. The van der Waals surface area contributed by atoms with E-state index in [-0.39, 0.29) is 17.5 Å². The quantitative estimate of drug-likeness (QED) is 0.822. The van der Waals surface area contributed by atoms with Crippen LogP contribution < -0.4 is 0 Å². The van der Waals surface area contributed by atoms with Gasteiger partial charge in [-0.25, -0.2) is 0 Å². The molecule has 0 saturated heterocycles. The van der Waals surface area contributed by atoms with Crippen LogP contribution in [-0.4, -0.2) is 22.8 Å². The average molecular weight is 338 g/mol. The lowest BCUT2D eigenvalue weighted by Crippen LogP contribution is -2.31. The second-order valence-corrected chi connectivity index (χ2v) is 6.50. The molecule has 3 rings (SSSR count). The summed E-state index contributed by atoms with van der Waals surface area (Å²) in [5.74, 6) is 0.171. The third-order valence-electron chi connectivity index (χ3n) is 4.60. The molecule has 0 spiro atoms. The number of Topliss-reactive ketones (excluding diaryl/α,β-unsaturated/α-hetero) is 2. The first kappa shape index (κ1) is 19.1. The summed E-state index contributed by atoms with van der Waals surface area (Å²) in [7, 11) is 0. The van der Waals surface area contributed by atoms with E-state index in [9.17, 15) is 14.7 Å². The fraction of sp³-hybridized carbons (Fsp3) is 0.364. The van der Waals surface area contributed by atoms with E-state index in [1.807, 2.05) is 48.5 Å². The lowest BCUT2D eigenvalue weighted by Gasteiger charge is -2.25. The molecule has 1 saturated carbocycles. The number of benzene rings is 2. The highest BCUT2D eigenvalue weighted by molar-refractivity contribution is 5.99. The van der Waals surface area contributed by atoms with Gasteiger partial charge in [-0.05, 0) is 25.7 Å². The van der Waals surface area contributed by atoms with Crippen LogP contribution in [-0.2, 0) is 0 Å². The van der Waals surface area contributed by atoms with Crippen molar-refractivity contribution in [1.29, 1.82) is 0 Å². The van der Waals surface area contributed by atoms with Crippen molar-refractivity contribution >= 4 is 11.6 Å². The molecule has 2 aromatic carbocycles. The number of carbonyl (C=O) groups excluding carboxylic acids is 2. The summed E-state index contributed by atoms with van der Waals surface area (Å²) in [4.78, 5) is 22.6. The number of ketones is 2. The molecule has 0 amide bonds. The average Bonchev–Trinajstić information content (AvgIpc) is 2.69. The maximum Gasteiger partial charge on any atom is 0.191 e. The molecular weight excluding hydrogens is 312 g/mol. The fourth-order valence-corrected chi connectivity index (χ4v) is 3.11. The predicted molar refractivity (Wildman–Crippen MR) is 99.8 cm³/mol. The lowest BCUT2D eigenvalue weighted by atomic mass is 9.82. The maximum atomic E-state index is 12.0. The molecule has 0 radical (unpaired) electrons. The minimum atomic E-state index is -0.803. The van der Waals surface area contributed by atoms with E-state index < -0.39 is 6.10 Å². The number of hydrogen-bond acceptors (Lipinski definition) is 3. The van der Waals surface area contributed by atoms with Gasteiger partial charge in [0.25, 0.3) is 0 Å². The lowest BCUT2D eigenvalue weighted by molar-refractivity contribution is 0.0534. The first-order chi connectivity index (χ1) is 12.1. The molecule has 1 atom stereocenters. The predicted octanol–water partition coefficient (Wildman–Crippen LogP) is 4.70. The Morgan fingerprint density at radius 2 is 1.32 bits per heavy atom. The van der Waals surface area contributed by atoms with E-state index in [2.05, 4.69) is 0 Å². The van der Waals surface area contributed by atoms with E-state index in [1.54, 1.807) is 19.1 Å². The standard InChI is InChI=1S/C14H18O2.C8H8O/c15-13(11-7-3-1-4-8-11)14(16)12-9-5-2-6-10-12;1-7(9)8-5-3-2-4-6-8/h1,3-4,7-8,12,14,16H,2,5-6,9-10H2;2-6H,1H3. The Morgan fingerprint density at radius 3 is 1.76 bits per heavy atom. The van der Waals surface area contributed by atoms with Crippen LogP contribution in [0, 0.1) is 5.92 Å². The third-order valence-corrected chi connectivity index (χ3v) is 4.60. The van der Waals surface area contributed by atoms with Gasteiger partial charge in [0.15, 0.2) is 11.6 Å². The van der Waals surface area contributed by atoms with Gasteiger partial charge in [-0.3, -0.25) is 9.59 Å². The van der Waals surface area contributed by atoms with E-state index >= 15 is 0 Å². The molecule has 132 valence electrons. The van der Waals surface area contributed by atoms with Crippen LogP contribution in [0.4, 0.5) is 0 Å². The molecule has 0 aliphatic heterocycles. The Bertz CT molecular complexity index is 658. The zero-order chi connectivity index (χ0) is 18.1. The fourth-order valence-electron chi connectivity index (χ4n) is 3.11. The van der Waals surface area contributed by atoms with Gasteiger partial charge < -0.3 is 5.11 Å². The Morgan fingerprint density at radius 1 is 0.840 bits per heavy atom. The maximum absolute atomic E-state index is 12.0. The molecule has 3 heteroatoms. The molecule has 3 nitrogen and oxygen atoms in total. The summed E-state index contributed by atoms with van der Waals surface area (Å²) in [6.07, 6.45) is 4.69. The molecule has 25 heavy (non-hydrogen) atoms. The summed E-state index contributed by atoms with van der Waals surface area (Å²) in [6, 6.07) is 18.3. The SMILES string of the molecule is CC(=O)c1ccccc1.O=C(c1ccccc1)C(O)C1CCCCC1. The minimum absolute atomic E-state index is 0.118. The van der Waals surface area contributed by atoms with Crippen LogP contribution >= 0.6 is 0 Å². The monoisotopic (exact) mass is 338 g/mol. The van der Waals surface area contributed by atoms with Crippen molar-refractivity contribution in [3.8, 4) is 0 Å². The van der Waals surface area contributed by atoms with Crippen molar-refractivity contribution in [2.45, 2.75) is 45.1 Å². The Kier molecular flexibility index (Phi) is 7.55. The topological polar surface area (TPSA) is 54.4 Å². The molecule has 0 heterocycles. The van der Waals surface area contributed by atoms with Crippen LogP contribution in [0.1, 0.15) is 59.7 Å². The highest BCUT2D eigenvalue weighted by Crippen LogP contribution is 2.27. The van der Waals surface area contributed by atoms with Crippen LogP contribution in [0.15, 0.2) is 60.7 Å². The van der Waals surface area contributed by atoms with Crippen molar-refractivity contribution in [3.05, 3.63) is 71.8 Å².